The number of hydrogen-bond acceptors (Lipinski definition) is 4. The Morgan fingerprint density at radius 1 is 1.00 bits per heavy atom. The molecule has 9 heteroatoms. The fourth-order valence-electron chi connectivity index (χ4n) is 2.07. The molecular formula is C17H19F2N3O4. The van der Waals surface area contributed by atoms with Crippen molar-refractivity contribution in [1.29, 1.82) is 0 Å². The first-order valence-electron chi connectivity index (χ1n) is 7.92. The van der Waals surface area contributed by atoms with Crippen molar-refractivity contribution in [2.45, 2.75) is 13.0 Å². The SMILES string of the molecule is O=C(NCCNC(=O)c1ccco1)NCCc1ccc(OC(F)F)cc1. The molecule has 0 unspecified atom stereocenters. The van der Waals surface area contributed by atoms with Crippen LogP contribution in [0.15, 0.2) is 47.1 Å². The van der Waals surface area contributed by atoms with Gasteiger partial charge in [0.15, 0.2) is 5.76 Å². The number of carbonyl (C=O) groups excluding carboxylic acids is 2. The van der Waals surface area contributed by atoms with Crippen LogP contribution in [0.3, 0.4) is 0 Å². The minimum atomic E-state index is -2.85. The molecule has 7 nitrogen and oxygen atoms in total. The first kappa shape index (κ1) is 19.2. The lowest BCUT2D eigenvalue weighted by Crippen LogP contribution is -2.40. The van der Waals surface area contributed by atoms with Crippen molar-refractivity contribution in [1.82, 2.24) is 16.0 Å². The highest BCUT2D eigenvalue weighted by molar-refractivity contribution is 5.91. The minimum Gasteiger partial charge on any atom is -0.459 e. The Hall–Kier alpha value is -3.10. The zero-order valence-electron chi connectivity index (χ0n) is 13.8. The fourth-order valence-corrected chi connectivity index (χ4v) is 2.07. The Kier molecular flexibility index (Phi) is 7.41. The van der Waals surface area contributed by atoms with Crippen molar-refractivity contribution in [3.05, 3.63) is 54.0 Å². The first-order chi connectivity index (χ1) is 12.5. The van der Waals surface area contributed by atoms with Gasteiger partial charge in [0.1, 0.15) is 5.75 Å². The Labute approximate surface area is 148 Å². The summed E-state index contributed by atoms with van der Waals surface area (Å²) >= 11 is 0. The van der Waals surface area contributed by atoms with Gasteiger partial charge in [-0.2, -0.15) is 8.78 Å². The quantitative estimate of drug-likeness (QED) is 0.592. The lowest BCUT2D eigenvalue weighted by Gasteiger charge is -2.09. The summed E-state index contributed by atoms with van der Waals surface area (Å²) in [6, 6.07) is 8.99. The van der Waals surface area contributed by atoms with E-state index in [1.54, 1.807) is 24.3 Å². The highest BCUT2D eigenvalue weighted by Gasteiger charge is 2.07. The largest absolute Gasteiger partial charge is 0.459 e. The van der Waals surface area contributed by atoms with E-state index in [0.717, 1.165) is 5.56 Å². The molecule has 0 saturated carbocycles. The molecule has 0 aliphatic rings. The normalized spacial score (nSPS) is 10.4. The van der Waals surface area contributed by atoms with Crippen LogP contribution in [0.1, 0.15) is 16.1 Å². The number of rotatable bonds is 9. The number of alkyl halides is 2. The van der Waals surface area contributed by atoms with Crippen LogP contribution in [0, 0.1) is 0 Å². The molecule has 0 radical (unpaired) electrons. The number of urea groups is 1. The predicted molar refractivity (Wildman–Crippen MR) is 89.2 cm³/mol. The lowest BCUT2D eigenvalue weighted by molar-refractivity contribution is -0.0498. The van der Waals surface area contributed by atoms with Gasteiger partial charge in [0.2, 0.25) is 0 Å². The first-order valence-corrected chi connectivity index (χ1v) is 7.92. The van der Waals surface area contributed by atoms with E-state index in [0.29, 0.717) is 13.0 Å². The summed E-state index contributed by atoms with van der Waals surface area (Å²) in [7, 11) is 0. The number of furan rings is 1. The average molecular weight is 367 g/mol. The molecular weight excluding hydrogens is 348 g/mol. The van der Waals surface area contributed by atoms with Gasteiger partial charge in [0.05, 0.1) is 6.26 Å². The van der Waals surface area contributed by atoms with E-state index < -0.39 is 6.61 Å². The third-order valence-electron chi connectivity index (χ3n) is 3.29. The molecule has 0 fully saturated rings. The maximum absolute atomic E-state index is 12.1. The lowest BCUT2D eigenvalue weighted by atomic mass is 10.1. The Balaban J connectivity index is 1.56. The molecule has 1 heterocycles. The molecule has 0 aliphatic carbocycles. The zero-order valence-corrected chi connectivity index (χ0v) is 13.8. The number of amides is 3. The number of hydrogen-bond donors (Lipinski definition) is 3. The summed E-state index contributed by atoms with van der Waals surface area (Å²) in [6.45, 7) is -1.95. The van der Waals surface area contributed by atoms with Crippen LogP contribution in [0.2, 0.25) is 0 Å². The summed E-state index contributed by atoms with van der Waals surface area (Å²) in [6.07, 6.45) is 1.94. The van der Waals surface area contributed by atoms with E-state index in [2.05, 4.69) is 20.7 Å². The molecule has 0 bridgehead atoms. The molecule has 1 aromatic carbocycles. The van der Waals surface area contributed by atoms with Gasteiger partial charge in [-0.05, 0) is 36.2 Å². The zero-order chi connectivity index (χ0) is 18.8. The molecule has 2 aromatic rings. The van der Waals surface area contributed by atoms with Crippen LogP contribution >= 0.6 is 0 Å². The maximum Gasteiger partial charge on any atom is 0.387 e. The van der Waals surface area contributed by atoms with Gasteiger partial charge in [-0.3, -0.25) is 4.79 Å². The molecule has 3 amide bonds. The van der Waals surface area contributed by atoms with Crippen LogP contribution in [-0.2, 0) is 6.42 Å². The highest BCUT2D eigenvalue weighted by atomic mass is 19.3. The van der Waals surface area contributed by atoms with Crippen LogP contribution < -0.4 is 20.7 Å². The molecule has 26 heavy (non-hydrogen) atoms. The molecule has 0 spiro atoms. The van der Waals surface area contributed by atoms with Crippen LogP contribution in [-0.4, -0.2) is 38.2 Å². The number of ether oxygens (including phenoxy) is 1. The van der Waals surface area contributed by atoms with Gasteiger partial charge < -0.3 is 25.1 Å². The van der Waals surface area contributed by atoms with Crippen molar-refractivity contribution in [3.8, 4) is 5.75 Å². The third kappa shape index (κ3) is 6.80. The Morgan fingerprint density at radius 3 is 2.35 bits per heavy atom. The van der Waals surface area contributed by atoms with Gasteiger partial charge in [-0.25, -0.2) is 4.79 Å². The van der Waals surface area contributed by atoms with Gasteiger partial charge in [0, 0.05) is 19.6 Å². The van der Waals surface area contributed by atoms with Crippen molar-refractivity contribution < 1.29 is 27.5 Å². The van der Waals surface area contributed by atoms with Crippen molar-refractivity contribution in [2.75, 3.05) is 19.6 Å². The van der Waals surface area contributed by atoms with Crippen LogP contribution in [0.4, 0.5) is 13.6 Å². The smallest absolute Gasteiger partial charge is 0.387 e. The van der Waals surface area contributed by atoms with Gasteiger partial charge in [-0.15, -0.1) is 0 Å². The molecule has 2 rings (SSSR count). The van der Waals surface area contributed by atoms with E-state index in [1.807, 2.05) is 0 Å². The van der Waals surface area contributed by atoms with Crippen LogP contribution in [0.5, 0.6) is 5.75 Å². The average Bonchev–Trinajstić information content (AvgIpc) is 3.14. The van der Waals surface area contributed by atoms with Gasteiger partial charge in [-0.1, -0.05) is 12.1 Å². The van der Waals surface area contributed by atoms with Gasteiger partial charge >= 0.3 is 12.6 Å². The second kappa shape index (κ2) is 10.0. The second-order valence-corrected chi connectivity index (χ2v) is 5.19. The van der Waals surface area contributed by atoms with E-state index in [1.165, 1.54) is 18.4 Å². The number of halogens is 2. The third-order valence-corrected chi connectivity index (χ3v) is 3.29. The molecule has 0 saturated heterocycles. The molecule has 3 N–H and O–H groups in total. The summed E-state index contributed by atoms with van der Waals surface area (Å²) in [5.41, 5.74) is 0.873. The van der Waals surface area contributed by atoms with Crippen molar-refractivity contribution in [3.63, 3.8) is 0 Å². The predicted octanol–water partition coefficient (Wildman–Crippen LogP) is 2.15. The molecule has 140 valence electrons. The Morgan fingerprint density at radius 2 is 1.69 bits per heavy atom. The number of carbonyl (C=O) groups is 2. The summed E-state index contributed by atoms with van der Waals surface area (Å²) in [5.74, 6) is -0.0538. The van der Waals surface area contributed by atoms with Crippen LogP contribution in [0.25, 0.3) is 0 Å². The molecule has 0 aliphatic heterocycles. The molecule has 0 atom stereocenters. The van der Waals surface area contributed by atoms with E-state index in [-0.39, 0.29) is 36.5 Å². The minimum absolute atomic E-state index is 0.0889. The number of nitrogens with one attached hydrogen (secondary N) is 3. The molecule has 1 aromatic heterocycles. The van der Waals surface area contributed by atoms with Crippen molar-refractivity contribution >= 4 is 11.9 Å². The second-order valence-electron chi connectivity index (χ2n) is 5.19. The Bertz CT molecular complexity index is 691. The van der Waals surface area contributed by atoms with E-state index in [4.69, 9.17) is 4.42 Å². The highest BCUT2D eigenvalue weighted by Crippen LogP contribution is 2.14. The van der Waals surface area contributed by atoms with Gasteiger partial charge in [0.25, 0.3) is 5.91 Å². The maximum atomic E-state index is 12.1. The summed E-state index contributed by atoms with van der Waals surface area (Å²) in [4.78, 5) is 23.2. The van der Waals surface area contributed by atoms with E-state index in [9.17, 15) is 18.4 Å². The standard InChI is InChI=1S/C17H19F2N3O4/c18-16(19)26-13-5-3-12(4-6-13)7-8-21-17(24)22-10-9-20-15(23)14-2-1-11-25-14/h1-6,11,16H,7-10H2,(H,20,23)(H2,21,22,24). The summed E-state index contributed by atoms with van der Waals surface area (Å²) < 4.78 is 33.3. The summed E-state index contributed by atoms with van der Waals surface area (Å²) in [5, 5.41) is 7.86. The van der Waals surface area contributed by atoms with E-state index >= 15 is 0 Å². The van der Waals surface area contributed by atoms with Crippen molar-refractivity contribution in [2.24, 2.45) is 0 Å². The fraction of sp³-hybridized carbons (Fsp3) is 0.294. The number of benzene rings is 1. The topological polar surface area (TPSA) is 92.6 Å². The monoisotopic (exact) mass is 367 g/mol.